The summed E-state index contributed by atoms with van der Waals surface area (Å²) in [6.07, 6.45) is 52.2. The molecule has 0 aliphatic carbocycles. The average molecular weight is 769 g/mol. The van der Waals surface area contributed by atoms with Gasteiger partial charge in [0.15, 0.2) is 6.10 Å². The molecule has 0 aromatic rings. The van der Waals surface area contributed by atoms with Gasteiger partial charge in [0, 0.05) is 19.3 Å². The maximum atomic E-state index is 12.7. The lowest BCUT2D eigenvalue weighted by Crippen LogP contribution is -2.30. The summed E-state index contributed by atoms with van der Waals surface area (Å²) in [5, 5.41) is 0. The van der Waals surface area contributed by atoms with Crippen LogP contribution < -0.4 is 0 Å². The molecule has 0 aliphatic rings. The molecule has 0 rings (SSSR count). The molecule has 0 saturated carbocycles. The second kappa shape index (κ2) is 43.8. The predicted octanol–water partition coefficient (Wildman–Crippen LogP) is 14.5. The Bertz CT molecular complexity index is 1020. The molecule has 0 spiro atoms. The summed E-state index contributed by atoms with van der Waals surface area (Å²) in [6.45, 7) is 6.46. The SMILES string of the molecule is CCCC/C=C\CCCCCCCC(=O)OC(COC(=O)CCC/C=C\C/C=C\C/C=C\CCCCCCCC)COC(=O)CCC/C=C\CCCCCC. The van der Waals surface area contributed by atoms with Gasteiger partial charge in [0.1, 0.15) is 13.2 Å². The Morgan fingerprint density at radius 1 is 0.364 bits per heavy atom. The fourth-order valence-corrected chi connectivity index (χ4v) is 5.97. The highest BCUT2D eigenvalue weighted by Gasteiger charge is 2.19. The van der Waals surface area contributed by atoms with Gasteiger partial charge in [-0.1, -0.05) is 165 Å². The van der Waals surface area contributed by atoms with E-state index in [9.17, 15) is 14.4 Å². The van der Waals surface area contributed by atoms with Crippen molar-refractivity contribution < 1.29 is 28.6 Å². The molecule has 0 saturated heterocycles. The Kier molecular flexibility index (Phi) is 41.5. The molecule has 6 nitrogen and oxygen atoms in total. The van der Waals surface area contributed by atoms with E-state index < -0.39 is 6.10 Å². The van der Waals surface area contributed by atoms with Crippen molar-refractivity contribution in [1.82, 2.24) is 0 Å². The van der Waals surface area contributed by atoms with Crippen LogP contribution in [0.3, 0.4) is 0 Å². The molecule has 55 heavy (non-hydrogen) atoms. The quantitative estimate of drug-likeness (QED) is 0.0267. The lowest BCUT2D eigenvalue weighted by atomic mass is 10.1. The summed E-state index contributed by atoms with van der Waals surface area (Å²) in [5.41, 5.74) is 0. The van der Waals surface area contributed by atoms with E-state index in [0.717, 1.165) is 64.2 Å². The van der Waals surface area contributed by atoms with E-state index in [4.69, 9.17) is 14.2 Å². The van der Waals surface area contributed by atoms with Gasteiger partial charge in [-0.3, -0.25) is 14.4 Å². The molecule has 1 unspecified atom stereocenters. The van der Waals surface area contributed by atoms with E-state index in [2.05, 4.69) is 81.5 Å². The molecule has 0 aromatic heterocycles. The van der Waals surface area contributed by atoms with Gasteiger partial charge in [0.05, 0.1) is 0 Å². The second-order valence-corrected chi connectivity index (χ2v) is 14.9. The molecule has 0 bridgehead atoms. The molecule has 0 aliphatic heterocycles. The summed E-state index contributed by atoms with van der Waals surface area (Å²) >= 11 is 0. The fourth-order valence-electron chi connectivity index (χ4n) is 5.97. The van der Waals surface area contributed by atoms with Crippen LogP contribution in [0.5, 0.6) is 0 Å². The molecule has 0 aromatic carbocycles. The molecule has 0 fully saturated rings. The first-order chi connectivity index (χ1) is 27.0. The maximum Gasteiger partial charge on any atom is 0.306 e. The third-order valence-corrected chi connectivity index (χ3v) is 9.46. The van der Waals surface area contributed by atoms with Crippen molar-refractivity contribution in [2.24, 2.45) is 0 Å². The smallest absolute Gasteiger partial charge is 0.306 e. The average Bonchev–Trinajstić information content (AvgIpc) is 3.18. The van der Waals surface area contributed by atoms with Crippen LogP contribution in [0.25, 0.3) is 0 Å². The second-order valence-electron chi connectivity index (χ2n) is 14.9. The molecular weight excluding hydrogens is 685 g/mol. The Balaban J connectivity index is 4.45. The summed E-state index contributed by atoms with van der Waals surface area (Å²) in [7, 11) is 0. The zero-order valence-corrected chi connectivity index (χ0v) is 35.9. The van der Waals surface area contributed by atoms with Crippen LogP contribution in [-0.4, -0.2) is 37.2 Å². The molecule has 0 N–H and O–H groups in total. The Hall–Kier alpha value is -2.89. The van der Waals surface area contributed by atoms with Crippen LogP contribution in [-0.2, 0) is 28.6 Å². The van der Waals surface area contributed by atoms with E-state index >= 15 is 0 Å². The normalized spacial score (nSPS) is 12.6. The zero-order valence-electron chi connectivity index (χ0n) is 35.9. The Labute approximate surface area is 339 Å². The van der Waals surface area contributed by atoms with Crippen molar-refractivity contribution in [3.05, 3.63) is 60.8 Å². The van der Waals surface area contributed by atoms with E-state index in [1.165, 1.54) is 96.3 Å². The summed E-state index contributed by atoms with van der Waals surface area (Å²) in [4.78, 5) is 37.6. The Morgan fingerprint density at radius 2 is 0.691 bits per heavy atom. The highest BCUT2D eigenvalue weighted by atomic mass is 16.6. The van der Waals surface area contributed by atoms with E-state index in [1.807, 2.05) is 0 Å². The number of hydrogen-bond acceptors (Lipinski definition) is 6. The van der Waals surface area contributed by atoms with E-state index in [-0.39, 0.29) is 37.5 Å². The topological polar surface area (TPSA) is 78.9 Å². The molecule has 0 heterocycles. The van der Waals surface area contributed by atoms with Gasteiger partial charge in [-0.25, -0.2) is 0 Å². The van der Waals surface area contributed by atoms with Crippen molar-refractivity contribution in [3.8, 4) is 0 Å². The molecule has 0 radical (unpaired) electrons. The summed E-state index contributed by atoms with van der Waals surface area (Å²) < 4.78 is 16.6. The first kappa shape index (κ1) is 52.1. The van der Waals surface area contributed by atoms with Crippen LogP contribution in [0.15, 0.2) is 60.8 Å². The standard InChI is InChI=1S/C49H84O6/c1-4-7-10-13-16-19-21-22-23-24-25-26-28-30-33-36-39-42-48(51)54-45-46(44-53-47(50)41-38-35-32-29-18-15-12-9-6-3)55-49(52)43-40-37-34-31-27-20-17-14-11-8-5-2/h14,17,22-23,25-26,29-30,32-33,46H,4-13,15-16,18-21,24,27-28,31,34-45H2,1-3H3/b17-14-,23-22-,26-25-,32-29-,33-30-. The van der Waals surface area contributed by atoms with Gasteiger partial charge in [-0.05, 0) is 89.9 Å². The number of rotatable bonds is 40. The summed E-state index contributed by atoms with van der Waals surface area (Å²) in [6, 6.07) is 0. The van der Waals surface area contributed by atoms with E-state index in [0.29, 0.717) is 25.7 Å². The van der Waals surface area contributed by atoms with Gasteiger partial charge in [-0.2, -0.15) is 0 Å². The molecule has 316 valence electrons. The number of allylic oxidation sites excluding steroid dienone is 10. The number of unbranched alkanes of at least 4 members (excludes halogenated alkanes) is 19. The number of ether oxygens (including phenoxy) is 3. The van der Waals surface area contributed by atoms with Crippen LogP contribution in [0.4, 0.5) is 0 Å². The van der Waals surface area contributed by atoms with Crippen molar-refractivity contribution in [2.75, 3.05) is 13.2 Å². The number of carbonyl (C=O) groups is 3. The zero-order chi connectivity index (χ0) is 40.1. The van der Waals surface area contributed by atoms with E-state index in [1.54, 1.807) is 0 Å². The third-order valence-electron chi connectivity index (χ3n) is 9.46. The monoisotopic (exact) mass is 769 g/mol. The van der Waals surface area contributed by atoms with Gasteiger partial charge in [-0.15, -0.1) is 0 Å². The van der Waals surface area contributed by atoms with Gasteiger partial charge >= 0.3 is 17.9 Å². The predicted molar refractivity (Wildman–Crippen MR) is 233 cm³/mol. The lowest BCUT2D eigenvalue weighted by Gasteiger charge is -2.18. The fraction of sp³-hybridized carbons (Fsp3) is 0.735. The van der Waals surface area contributed by atoms with Crippen LogP contribution in [0.1, 0.15) is 213 Å². The largest absolute Gasteiger partial charge is 0.462 e. The molecule has 1 atom stereocenters. The Morgan fingerprint density at radius 3 is 1.16 bits per heavy atom. The van der Waals surface area contributed by atoms with Gasteiger partial charge in [0.25, 0.3) is 0 Å². The molecular formula is C49H84O6. The van der Waals surface area contributed by atoms with Crippen molar-refractivity contribution >= 4 is 17.9 Å². The molecule has 0 amide bonds. The van der Waals surface area contributed by atoms with Crippen LogP contribution in [0.2, 0.25) is 0 Å². The number of hydrogen-bond donors (Lipinski definition) is 0. The summed E-state index contributed by atoms with van der Waals surface area (Å²) in [5.74, 6) is -1.01. The first-order valence-corrected chi connectivity index (χ1v) is 22.8. The van der Waals surface area contributed by atoms with Crippen LogP contribution in [0, 0.1) is 0 Å². The maximum absolute atomic E-state index is 12.7. The van der Waals surface area contributed by atoms with Crippen LogP contribution >= 0.6 is 0 Å². The minimum Gasteiger partial charge on any atom is -0.462 e. The van der Waals surface area contributed by atoms with Gasteiger partial charge in [0.2, 0.25) is 0 Å². The number of esters is 3. The highest BCUT2D eigenvalue weighted by molar-refractivity contribution is 5.71. The first-order valence-electron chi connectivity index (χ1n) is 22.8. The number of carbonyl (C=O) groups excluding carboxylic acids is 3. The highest BCUT2D eigenvalue weighted by Crippen LogP contribution is 2.12. The minimum absolute atomic E-state index is 0.109. The van der Waals surface area contributed by atoms with Gasteiger partial charge < -0.3 is 14.2 Å². The van der Waals surface area contributed by atoms with Crippen molar-refractivity contribution in [1.29, 1.82) is 0 Å². The lowest BCUT2D eigenvalue weighted by molar-refractivity contribution is -0.167. The van der Waals surface area contributed by atoms with Crippen molar-refractivity contribution in [2.45, 2.75) is 219 Å². The molecule has 6 heteroatoms. The van der Waals surface area contributed by atoms with Crippen molar-refractivity contribution in [3.63, 3.8) is 0 Å². The third kappa shape index (κ3) is 42.1. The minimum atomic E-state index is -0.806.